The third-order valence-corrected chi connectivity index (χ3v) is 2.44. The zero-order valence-corrected chi connectivity index (χ0v) is 9.58. The molecular weight excluding hydrogens is 262 g/mol. The van der Waals surface area contributed by atoms with E-state index in [-0.39, 0.29) is 22.2 Å². The van der Waals surface area contributed by atoms with Gasteiger partial charge in [-0.2, -0.15) is 5.26 Å². The molecule has 1 heterocycles. The Hall–Kier alpha value is -2.19. The van der Waals surface area contributed by atoms with Gasteiger partial charge in [0.25, 0.3) is 0 Å². The second-order valence-corrected chi connectivity index (χ2v) is 3.64. The number of hydrogen-bond acceptors (Lipinski definition) is 3. The third kappa shape index (κ3) is 2.39. The minimum atomic E-state index is -0.879. The molecule has 0 spiro atoms. The number of rotatable bonds is 2. The minimum Gasteiger partial charge on any atom is -0.434 e. The van der Waals surface area contributed by atoms with E-state index in [1.807, 2.05) is 6.07 Å². The lowest BCUT2D eigenvalue weighted by Crippen LogP contribution is -1.93. The van der Waals surface area contributed by atoms with Crippen molar-refractivity contribution < 1.29 is 13.5 Å². The van der Waals surface area contributed by atoms with E-state index in [0.717, 1.165) is 12.1 Å². The fourth-order valence-corrected chi connectivity index (χ4v) is 1.44. The topological polar surface area (TPSA) is 45.9 Å². The Bertz CT molecular complexity index is 640. The van der Waals surface area contributed by atoms with Crippen LogP contribution in [-0.2, 0) is 0 Å². The molecule has 90 valence electrons. The summed E-state index contributed by atoms with van der Waals surface area (Å²) in [6.07, 6.45) is 1.31. The van der Waals surface area contributed by atoms with Crippen LogP contribution in [0.15, 0.2) is 30.5 Å². The lowest BCUT2D eigenvalue weighted by atomic mass is 10.3. The number of halogens is 3. The SMILES string of the molecule is N#Cc1ccnc(Oc2ccc(F)cc2F)c1Cl. The summed E-state index contributed by atoms with van der Waals surface area (Å²) in [4.78, 5) is 3.78. The molecule has 1 aromatic carbocycles. The molecule has 0 aliphatic heterocycles. The van der Waals surface area contributed by atoms with Crippen molar-refractivity contribution >= 4 is 11.6 Å². The Morgan fingerprint density at radius 1 is 1.28 bits per heavy atom. The van der Waals surface area contributed by atoms with Gasteiger partial charge in [0.1, 0.15) is 16.9 Å². The first kappa shape index (κ1) is 12.3. The third-order valence-electron chi connectivity index (χ3n) is 2.08. The quantitative estimate of drug-likeness (QED) is 0.833. The molecule has 2 rings (SSSR count). The lowest BCUT2D eigenvalue weighted by molar-refractivity contribution is 0.424. The zero-order valence-electron chi connectivity index (χ0n) is 8.82. The van der Waals surface area contributed by atoms with Gasteiger partial charge in [-0.25, -0.2) is 13.8 Å². The van der Waals surface area contributed by atoms with Gasteiger partial charge in [0, 0.05) is 12.3 Å². The molecule has 0 N–H and O–H groups in total. The van der Waals surface area contributed by atoms with Gasteiger partial charge in [-0.15, -0.1) is 0 Å². The van der Waals surface area contributed by atoms with Crippen molar-refractivity contribution in [3.8, 4) is 17.7 Å². The molecule has 0 saturated carbocycles. The molecule has 6 heteroatoms. The Balaban J connectivity index is 2.38. The van der Waals surface area contributed by atoms with Gasteiger partial charge in [-0.1, -0.05) is 11.6 Å². The van der Waals surface area contributed by atoms with Gasteiger partial charge in [0.05, 0.1) is 5.56 Å². The van der Waals surface area contributed by atoms with Gasteiger partial charge in [-0.3, -0.25) is 0 Å². The van der Waals surface area contributed by atoms with Crippen LogP contribution in [0.5, 0.6) is 11.6 Å². The molecule has 0 radical (unpaired) electrons. The fourth-order valence-electron chi connectivity index (χ4n) is 1.24. The molecule has 0 aliphatic carbocycles. The summed E-state index contributed by atoms with van der Waals surface area (Å²) in [5.41, 5.74) is 0.157. The highest BCUT2D eigenvalue weighted by molar-refractivity contribution is 6.33. The predicted molar refractivity (Wildman–Crippen MR) is 60.4 cm³/mol. The summed E-state index contributed by atoms with van der Waals surface area (Å²) in [7, 11) is 0. The Kier molecular flexibility index (Phi) is 3.40. The average molecular weight is 267 g/mol. The van der Waals surface area contributed by atoms with Crippen molar-refractivity contribution in [2.45, 2.75) is 0 Å². The van der Waals surface area contributed by atoms with Crippen molar-refractivity contribution in [1.82, 2.24) is 4.98 Å². The number of benzene rings is 1. The molecule has 2 aromatic rings. The largest absolute Gasteiger partial charge is 0.434 e. The Morgan fingerprint density at radius 2 is 2.06 bits per heavy atom. The second kappa shape index (κ2) is 4.98. The average Bonchev–Trinajstić information content (AvgIpc) is 2.35. The zero-order chi connectivity index (χ0) is 13.1. The fraction of sp³-hybridized carbons (Fsp3) is 0. The van der Waals surface area contributed by atoms with Crippen molar-refractivity contribution in [2.75, 3.05) is 0 Å². The van der Waals surface area contributed by atoms with Crippen molar-refractivity contribution in [3.63, 3.8) is 0 Å². The normalized spacial score (nSPS) is 9.89. The van der Waals surface area contributed by atoms with E-state index < -0.39 is 11.6 Å². The highest BCUT2D eigenvalue weighted by atomic mass is 35.5. The van der Waals surface area contributed by atoms with Crippen LogP contribution in [0.25, 0.3) is 0 Å². The van der Waals surface area contributed by atoms with E-state index in [9.17, 15) is 8.78 Å². The maximum absolute atomic E-state index is 13.3. The van der Waals surface area contributed by atoms with Crippen LogP contribution in [0.4, 0.5) is 8.78 Å². The van der Waals surface area contributed by atoms with Gasteiger partial charge in [0.15, 0.2) is 11.6 Å². The number of nitriles is 1. The molecule has 0 bridgehead atoms. The number of aromatic nitrogens is 1. The van der Waals surface area contributed by atoms with Gasteiger partial charge < -0.3 is 4.74 Å². The Morgan fingerprint density at radius 3 is 2.72 bits per heavy atom. The number of ether oxygens (including phenoxy) is 1. The van der Waals surface area contributed by atoms with Crippen LogP contribution in [0.3, 0.4) is 0 Å². The molecule has 0 atom stereocenters. The van der Waals surface area contributed by atoms with E-state index in [4.69, 9.17) is 21.6 Å². The van der Waals surface area contributed by atoms with Crippen LogP contribution in [0.2, 0.25) is 5.02 Å². The van der Waals surface area contributed by atoms with Gasteiger partial charge in [-0.05, 0) is 18.2 Å². The highest BCUT2D eigenvalue weighted by Gasteiger charge is 2.12. The molecule has 0 unspecified atom stereocenters. The van der Waals surface area contributed by atoms with Crippen molar-refractivity contribution in [1.29, 1.82) is 5.26 Å². The molecule has 3 nitrogen and oxygen atoms in total. The Labute approximate surface area is 106 Å². The summed E-state index contributed by atoms with van der Waals surface area (Å²) in [6, 6.07) is 6.07. The summed E-state index contributed by atoms with van der Waals surface area (Å²) >= 11 is 5.84. The number of hydrogen-bond donors (Lipinski definition) is 0. The molecule has 0 fully saturated rings. The van der Waals surface area contributed by atoms with E-state index in [0.29, 0.717) is 6.07 Å². The van der Waals surface area contributed by atoms with Gasteiger partial charge in [0.2, 0.25) is 5.88 Å². The molecule has 0 amide bonds. The predicted octanol–water partition coefficient (Wildman–Crippen LogP) is 3.68. The van der Waals surface area contributed by atoms with E-state index in [2.05, 4.69) is 4.98 Å². The van der Waals surface area contributed by atoms with Crippen LogP contribution in [-0.4, -0.2) is 4.98 Å². The van der Waals surface area contributed by atoms with E-state index in [1.54, 1.807) is 0 Å². The molecule has 1 aromatic heterocycles. The van der Waals surface area contributed by atoms with E-state index in [1.165, 1.54) is 12.3 Å². The van der Waals surface area contributed by atoms with Crippen molar-refractivity contribution in [2.24, 2.45) is 0 Å². The highest BCUT2D eigenvalue weighted by Crippen LogP contribution is 2.30. The van der Waals surface area contributed by atoms with Gasteiger partial charge >= 0.3 is 0 Å². The van der Waals surface area contributed by atoms with Crippen LogP contribution < -0.4 is 4.74 Å². The second-order valence-electron chi connectivity index (χ2n) is 3.27. The lowest BCUT2D eigenvalue weighted by Gasteiger charge is -2.07. The molecule has 0 aliphatic rings. The standard InChI is InChI=1S/C12H5ClF2N2O/c13-11-7(6-16)3-4-17-12(11)18-10-2-1-8(14)5-9(10)15/h1-5H. The van der Waals surface area contributed by atoms with E-state index >= 15 is 0 Å². The minimum absolute atomic E-state index is 0.0243. The smallest absolute Gasteiger partial charge is 0.239 e. The molecular formula is C12H5ClF2N2O. The summed E-state index contributed by atoms with van der Waals surface area (Å²) in [6.45, 7) is 0. The summed E-state index contributed by atoms with van der Waals surface area (Å²) in [5, 5.41) is 8.73. The molecule has 18 heavy (non-hydrogen) atoms. The summed E-state index contributed by atoms with van der Waals surface area (Å²) in [5.74, 6) is -1.93. The first-order valence-electron chi connectivity index (χ1n) is 4.79. The van der Waals surface area contributed by atoms with Crippen LogP contribution in [0, 0.1) is 23.0 Å². The maximum Gasteiger partial charge on any atom is 0.239 e. The first-order chi connectivity index (χ1) is 8.61. The summed E-state index contributed by atoms with van der Waals surface area (Å²) < 4.78 is 31.2. The monoisotopic (exact) mass is 266 g/mol. The van der Waals surface area contributed by atoms with Crippen molar-refractivity contribution in [3.05, 3.63) is 52.7 Å². The number of nitrogens with zero attached hydrogens (tertiary/aromatic N) is 2. The molecule has 0 saturated heterocycles. The van der Waals surface area contributed by atoms with Crippen LogP contribution in [0.1, 0.15) is 5.56 Å². The van der Waals surface area contributed by atoms with Crippen LogP contribution >= 0.6 is 11.6 Å². The first-order valence-corrected chi connectivity index (χ1v) is 5.17. The number of pyridine rings is 1. The maximum atomic E-state index is 13.3.